The van der Waals surface area contributed by atoms with Crippen LogP contribution in [0.25, 0.3) is 10.6 Å². The van der Waals surface area contributed by atoms with Gasteiger partial charge in [0.2, 0.25) is 0 Å². The lowest BCUT2D eigenvalue weighted by Gasteiger charge is -2.08. The van der Waals surface area contributed by atoms with Gasteiger partial charge in [0.05, 0.1) is 11.4 Å². The number of carbonyl (C=O) groups is 1. The molecule has 5 nitrogen and oxygen atoms in total. The highest BCUT2D eigenvalue weighted by Gasteiger charge is 2.13. The smallest absolute Gasteiger partial charge is 0.273 e. The molecule has 2 aromatic heterocycles. The molecule has 0 aliphatic carbocycles. The summed E-state index contributed by atoms with van der Waals surface area (Å²) in [6.07, 6.45) is 3.21. The van der Waals surface area contributed by atoms with Gasteiger partial charge >= 0.3 is 0 Å². The Bertz CT molecular complexity index is 691. The van der Waals surface area contributed by atoms with Gasteiger partial charge in [-0.1, -0.05) is 17.1 Å². The van der Waals surface area contributed by atoms with E-state index in [1.54, 1.807) is 17.4 Å². The number of nitrogens with zero attached hydrogens (tertiary/aromatic N) is 2. The topological polar surface area (TPSA) is 58.4 Å². The quantitative estimate of drug-likeness (QED) is 0.677. The van der Waals surface area contributed by atoms with Crippen LogP contribution in [-0.4, -0.2) is 42.1 Å². The molecule has 1 aliphatic rings. The first-order valence-corrected chi connectivity index (χ1v) is 8.68. The minimum absolute atomic E-state index is 0.224. The predicted octanol–water partition coefficient (Wildman–Crippen LogP) is 2.62. The normalized spacial score (nSPS) is 14.4. The largest absolute Gasteiger partial charge is 0.355 e. The van der Waals surface area contributed by atoms with Crippen molar-refractivity contribution in [2.75, 3.05) is 26.2 Å². The van der Waals surface area contributed by atoms with Gasteiger partial charge in [0.15, 0.2) is 11.5 Å². The third-order valence-electron chi connectivity index (χ3n) is 3.67. The van der Waals surface area contributed by atoms with Crippen molar-refractivity contribution in [3.8, 4) is 22.5 Å². The lowest BCUT2D eigenvalue weighted by atomic mass is 10.3. The van der Waals surface area contributed by atoms with Crippen molar-refractivity contribution in [2.24, 2.45) is 0 Å². The van der Waals surface area contributed by atoms with E-state index in [0.29, 0.717) is 24.4 Å². The summed E-state index contributed by atoms with van der Waals surface area (Å²) >= 11 is 1.55. The van der Waals surface area contributed by atoms with Crippen LogP contribution in [0.2, 0.25) is 0 Å². The zero-order chi connectivity index (χ0) is 15.9. The molecule has 1 fully saturated rings. The maximum Gasteiger partial charge on any atom is 0.273 e. The van der Waals surface area contributed by atoms with Gasteiger partial charge in [-0.25, -0.2) is 0 Å². The van der Waals surface area contributed by atoms with E-state index in [1.807, 2.05) is 17.5 Å². The highest BCUT2D eigenvalue weighted by atomic mass is 32.1. The maximum atomic E-state index is 12.0. The molecule has 0 bridgehead atoms. The molecule has 0 saturated carbocycles. The molecule has 0 unspecified atom stereocenters. The van der Waals surface area contributed by atoms with Gasteiger partial charge in [-0.3, -0.25) is 9.69 Å². The van der Waals surface area contributed by atoms with E-state index in [9.17, 15) is 4.79 Å². The fraction of sp³-hybridized carbons (Fsp3) is 0.412. The van der Waals surface area contributed by atoms with Crippen LogP contribution in [0.3, 0.4) is 0 Å². The Balaban J connectivity index is 1.40. The summed E-state index contributed by atoms with van der Waals surface area (Å²) in [6, 6.07) is 5.53. The van der Waals surface area contributed by atoms with Crippen LogP contribution in [-0.2, 0) is 0 Å². The molecule has 3 heterocycles. The molecule has 0 spiro atoms. The summed E-state index contributed by atoms with van der Waals surface area (Å²) in [5, 5.41) is 8.59. The Morgan fingerprint density at radius 1 is 1.39 bits per heavy atom. The van der Waals surface area contributed by atoms with E-state index in [-0.39, 0.29) is 5.91 Å². The van der Waals surface area contributed by atoms with Crippen LogP contribution in [0.4, 0.5) is 0 Å². The number of hydrogen-bond acceptors (Lipinski definition) is 5. The summed E-state index contributed by atoms with van der Waals surface area (Å²) in [7, 11) is 0. The summed E-state index contributed by atoms with van der Waals surface area (Å²) in [5.41, 5.74) is 0.304. The number of aromatic nitrogens is 1. The van der Waals surface area contributed by atoms with Crippen LogP contribution in [0.1, 0.15) is 29.8 Å². The van der Waals surface area contributed by atoms with Crippen molar-refractivity contribution in [1.29, 1.82) is 0 Å². The van der Waals surface area contributed by atoms with E-state index >= 15 is 0 Å². The number of carbonyl (C=O) groups excluding carboxylic acids is 1. The van der Waals surface area contributed by atoms with Gasteiger partial charge in [0.25, 0.3) is 5.91 Å². The molecule has 2 aromatic rings. The second kappa shape index (κ2) is 7.95. The van der Waals surface area contributed by atoms with Gasteiger partial charge < -0.3 is 9.84 Å². The molecule has 0 radical (unpaired) electrons. The molecule has 120 valence electrons. The number of thiophene rings is 1. The van der Waals surface area contributed by atoms with Gasteiger partial charge in [-0.15, -0.1) is 17.3 Å². The van der Waals surface area contributed by atoms with E-state index in [0.717, 1.165) is 24.5 Å². The van der Waals surface area contributed by atoms with Gasteiger partial charge in [0.1, 0.15) is 0 Å². The Kier molecular flexibility index (Phi) is 5.46. The molecule has 23 heavy (non-hydrogen) atoms. The predicted molar refractivity (Wildman–Crippen MR) is 90.2 cm³/mol. The summed E-state index contributed by atoms with van der Waals surface area (Å²) < 4.78 is 5.20. The Labute approximate surface area is 139 Å². The van der Waals surface area contributed by atoms with Gasteiger partial charge in [0, 0.05) is 19.0 Å². The zero-order valence-corrected chi connectivity index (χ0v) is 13.7. The molecular formula is C17H19N3O2S. The molecule has 0 aromatic carbocycles. The Morgan fingerprint density at radius 2 is 2.26 bits per heavy atom. The lowest BCUT2D eigenvalue weighted by molar-refractivity contribution is 0.0945. The first-order valence-electron chi connectivity index (χ1n) is 7.80. The zero-order valence-electron chi connectivity index (χ0n) is 12.9. The molecule has 0 atom stereocenters. The van der Waals surface area contributed by atoms with Crippen LogP contribution < -0.4 is 5.32 Å². The van der Waals surface area contributed by atoms with Crippen LogP contribution in [0.5, 0.6) is 0 Å². The monoisotopic (exact) mass is 329 g/mol. The summed E-state index contributed by atoms with van der Waals surface area (Å²) in [6.45, 7) is 3.67. The number of hydrogen-bond donors (Lipinski definition) is 1. The van der Waals surface area contributed by atoms with Crippen molar-refractivity contribution in [3.05, 3.63) is 29.3 Å². The first kappa shape index (κ1) is 15.8. The van der Waals surface area contributed by atoms with Crippen molar-refractivity contribution in [2.45, 2.75) is 19.3 Å². The Hall–Kier alpha value is -2.10. The highest BCUT2D eigenvalue weighted by molar-refractivity contribution is 7.13. The van der Waals surface area contributed by atoms with E-state index in [1.165, 1.54) is 12.8 Å². The minimum Gasteiger partial charge on any atom is -0.355 e. The van der Waals surface area contributed by atoms with Crippen molar-refractivity contribution >= 4 is 17.2 Å². The molecule has 1 N–H and O–H groups in total. The molecule has 6 heteroatoms. The molecule has 1 amide bonds. The second-order valence-electron chi connectivity index (χ2n) is 5.40. The average Bonchev–Trinajstić information content (AvgIpc) is 3.32. The third kappa shape index (κ3) is 4.44. The van der Waals surface area contributed by atoms with Crippen LogP contribution >= 0.6 is 11.3 Å². The summed E-state index contributed by atoms with van der Waals surface area (Å²) in [4.78, 5) is 15.3. The number of nitrogens with one attached hydrogen (secondary N) is 1. The average molecular weight is 329 g/mol. The van der Waals surface area contributed by atoms with E-state index in [4.69, 9.17) is 4.52 Å². The number of rotatable bonds is 5. The van der Waals surface area contributed by atoms with Gasteiger partial charge in [-0.2, -0.15) is 0 Å². The lowest BCUT2D eigenvalue weighted by Crippen LogP contribution is -2.24. The van der Waals surface area contributed by atoms with Crippen LogP contribution in [0, 0.1) is 11.8 Å². The third-order valence-corrected chi connectivity index (χ3v) is 4.55. The minimum atomic E-state index is -0.224. The molecular weight excluding hydrogens is 310 g/mol. The molecule has 1 saturated heterocycles. The van der Waals surface area contributed by atoms with Crippen molar-refractivity contribution in [3.63, 3.8) is 0 Å². The maximum absolute atomic E-state index is 12.0. The first-order chi connectivity index (χ1) is 11.3. The van der Waals surface area contributed by atoms with Crippen molar-refractivity contribution in [1.82, 2.24) is 15.4 Å². The standard InChI is InChI=1S/C17H19N3O2S/c21-17(14-13-15(22-19-14)16-7-6-12-23-16)18-8-2-1-3-9-20-10-4-5-11-20/h6-7,12-13H,2,4-5,8-11H2,(H,18,21). The fourth-order valence-corrected chi connectivity index (χ4v) is 3.12. The van der Waals surface area contributed by atoms with E-state index in [2.05, 4.69) is 27.2 Å². The Morgan fingerprint density at radius 3 is 3.04 bits per heavy atom. The fourth-order valence-electron chi connectivity index (χ4n) is 2.44. The SMILES string of the molecule is O=C(NCCC#CCN1CCCC1)c1cc(-c2cccs2)on1. The number of amides is 1. The molecule has 1 aliphatic heterocycles. The summed E-state index contributed by atoms with van der Waals surface area (Å²) in [5.74, 6) is 6.65. The second-order valence-corrected chi connectivity index (χ2v) is 6.34. The highest BCUT2D eigenvalue weighted by Crippen LogP contribution is 2.24. The van der Waals surface area contributed by atoms with Crippen LogP contribution in [0.15, 0.2) is 28.1 Å². The molecule has 3 rings (SSSR count). The van der Waals surface area contributed by atoms with Gasteiger partial charge in [-0.05, 0) is 37.4 Å². The number of likely N-dealkylation sites (tertiary alicyclic amines) is 1. The van der Waals surface area contributed by atoms with E-state index < -0.39 is 0 Å². The van der Waals surface area contributed by atoms with Crippen molar-refractivity contribution < 1.29 is 9.32 Å².